The van der Waals surface area contributed by atoms with Crippen LogP contribution in [0.3, 0.4) is 0 Å². The summed E-state index contributed by atoms with van der Waals surface area (Å²) in [6, 6.07) is 1.38. The highest BCUT2D eigenvalue weighted by Gasteiger charge is 2.45. The van der Waals surface area contributed by atoms with Gasteiger partial charge in [-0.1, -0.05) is 0 Å². The fourth-order valence-corrected chi connectivity index (χ4v) is 4.15. The Kier molecular flexibility index (Phi) is 2.13. The molecule has 0 aromatic rings. The van der Waals surface area contributed by atoms with E-state index in [1.54, 1.807) is 0 Å². The summed E-state index contributed by atoms with van der Waals surface area (Å²) in [5.41, 5.74) is 0. The molecule has 2 fully saturated rings. The molecule has 12 heavy (non-hydrogen) atoms. The second-order valence-electron chi connectivity index (χ2n) is 4.60. The number of rotatable bonds is 0. The lowest BCUT2D eigenvalue weighted by Crippen LogP contribution is -2.65. The third kappa shape index (κ3) is 1.28. The lowest BCUT2D eigenvalue weighted by Gasteiger charge is -2.51. The maximum absolute atomic E-state index is 9.63. The summed E-state index contributed by atoms with van der Waals surface area (Å²) in [6.07, 6.45) is 2.00. The van der Waals surface area contributed by atoms with Crippen LogP contribution in [0.15, 0.2) is 0 Å². The van der Waals surface area contributed by atoms with Crippen molar-refractivity contribution in [2.45, 2.75) is 31.0 Å². The summed E-state index contributed by atoms with van der Waals surface area (Å²) in [5, 5.41) is 9.63. The summed E-state index contributed by atoms with van der Waals surface area (Å²) in [7, 11) is 4.64. The van der Waals surface area contributed by atoms with E-state index >= 15 is 0 Å². The van der Waals surface area contributed by atoms with E-state index in [4.69, 9.17) is 0 Å². The molecule has 2 aliphatic heterocycles. The Morgan fingerprint density at radius 1 is 1.17 bits per heavy atom. The molecule has 0 aromatic carbocycles. The standard InChI is InChI=1S/C9H18NOS/c1-10(2)7-3-9(11)4-8(10)6-12-5-7/h7-9,11H,3-6H2,1-2H3/q+1/t7-,8-/m1/s1. The van der Waals surface area contributed by atoms with Crippen LogP contribution < -0.4 is 0 Å². The maximum atomic E-state index is 9.63. The highest BCUT2D eigenvalue weighted by molar-refractivity contribution is 7.99. The minimum Gasteiger partial charge on any atom is -0.393 e. The number of hydrogen-bond donors (Lipinski definition) is 1. The molecule has 0 saturated carbocycles. The van der Waals surface area contributed by atoms with Gasteiger partial charge in [0.15, 0.2) is 0 Å². The second-order valence-corrected chi connectivity index (χ2v) is 5.67. The van der Waals surface area contributed by atoms with Crippen LogP contribution in [-0.4, -0.2) is 53.4 Å². The molecule has 2 aliphatic rings. The van der Waals surface area contributed by atoms with Crippen LogP contribution in [0.5, 0.6) is 0 Å². The van der Waals surface area contributed by atoms with Crippen LogP contribution in [0.1, 0.15) is 12.8 Å². The molecule has 2 heterocycles. The van der Waals surface area contributed by atoms with Gasteiger partial charge in [0.2, 0.25) is 0 Å². The number of nitrogens with zero attached hydrogens (tertiary/aromatic N) is 1. The SMILES string of the molecule is C[N+]1(C)[C@H]2CSC[C@H]1CC(O)C2. The Labute approximate surface area is 78.5 Å². The first kappa shape index (κ1) is 8.85. The molecule has 0 amide bonds. The van der Waals surface area contributed by atoms with Crippen LogP contribution in [-0.2, 0) is 0 Å². The Morgan fingerprint density at radius 3 is 2.17 bits per heavy atom. The van der Waals surface area contributed by atoms with E-state index in [-0.39, 0.29) is 6.10 Å². The molecule has 2 rings (SSSR count). The van der Waals surface area contributed by atoms with Crippen molar-refractivity contribution in [2.75, 3.05) is 25.6 Å². The molecular formula is C9H18NOS+. The molecule has 70 valence electrons. The van der Waals surface area contributed by atoms with Gasteiger partial charge in [0.25, 0.3) is 0 Å². The molecule has 1 N–H and O–H groups in total. The largest absolute Gasteiger partial charge is 0.393 e. The molecule has 0 aliphatic carbocycles. The van der Waals surface area contributed by atoms with Crippen LogP contribution in [0.25, 0.3) is 0 Å². The van der Waals surface area contributed by atoms with Crippen molar-refractivity contribution >= 4 is 11.8 Å². The van der Waals surface area contributed by atoms with E-state index in [1.165, 1.54) is 11.5 Å². The zero-order valence-electron chi connectivity index (χ0n) is 7.86. The third-order valence-corrected chi connectivity index (χ3v) is 4.83. The molecule has 2 atom stereocenters. The molecule has 3 heteroatoms. The Hall–Kier alpha value is 0.270. The highest BCUT2D eigenvalue weighted by Crippen LogP contribution is 2.36. The minimum atomic E-state index is -0.0213. The average molecular weight is 188 g/mol. The predicted molar refractivity (Wildman–Crippen MR) is 52.3 cm³/mol. The molecular weight excluding hydrogens is 170 g/mol. The first-order valence-corrected chi connectivity index (χ1v) is 5.85. The van der Waals surface area contributed by atoms with E-state index in [1.807, 2.05) is 0 Å². The van der Waals surface area contributed by atoms with Crippen LogP contribution in [0, 0.1) is 0 Å². The smallest absolute Gasteiger partial charge is 0.100 e. The number of aliphatic hydroxyl groups is 1. The van der Waals surface area contributed by atoms with E-state index in [2.05, 4.69) is 25.9 Å². The second kappa shape index (κ2) is 2.89. The summed E-state index contributed by atoms with van der Waals surface area (Å²) >= 11 is 2.06. The van der Waals surface area contributed by atoms with Gasteiger partial charge in [0.05, 0.1) is 20.2 Å². The lowest BCUT2D eigenvalue weighted by atomic mass is 9.92. The molecule has 0 aromatic heterocycles. The van der Waals surface area contributed by atoms with Crippen molar-refractivity contribution in [3.63, 3.8) is 0 Å². The Morgan fingerprint density at radius 2 is 1.67 bits per heavy atom. The summed E-state index contributed by atoms with van der Waals surface area (Å²) < 4.78 is 1.14. The van der Waals surface area contributed by atoms with E-state index < -0.39 is 0 Å². The highest BCUT2D eigenvalue weighted by atomic mass is 32.2. The number of thioether (sulfide) groups is 1. The zero-order valence-corrected chi connectivity index (χ0v) is 8.68. The monoisotopic (exact) mass is 188 g/mol. The van der Waals surface area contributed by atoms with Crippen LogP contribution >= 0.6 is 11.8 Å². The number of quaternary nitrogens is 1. The summed E-state index contributed by atoms with van der Waals surface area (Å²) in [6.45, 7) is 0. The van der Waals surface area contributed by atoms with Crippen molar-refractivity contribution < 1.29 is 9.59 Å². The normalized spacial score (nSPS) is 45.8. The van der Waals surface area contributed by atoms with E-state index in [0.29, 0.717) is 12.1 Å². The molecule has 0 unspecified atom stereocenters. The van der Waals surface area contributed by atoms with Gasteiger partial charge in [0, 0.05) is 24.3 Å². The summed E-state index contributed by atoms with van der Waals surface area (Å²) in [5.74, 6) is 2.47. The summed E-state index contributed by atoms with van der Waals surface area (Å²) in [4.78, 5) is 0. The number of piperidine rings is 1. The Bertz CT molecular complexity index is 167. The van der Waals surface area contributed by atoms with Gasteiger partial charge in [-0.2, -0.15) is 0 Å². The quantitative estimate of drug-likeness (QED) is 0.565. The molecule has 2 nitrogen and oxygen atoms in total. The fourth-order valence-electron chi connectivity index (χ4n) is 2.43. The Balaban J connectivity index is 2.18. The van der Waals surface area contributed by atoms with Gasteiger partial charge in [0.1, 0.15) is 12.1 Å². The van der Waals surface area contributed by atoms with Crippen molar-refractivity contribution in [1.82, 2.24) is 0 Å². The maximum Gasteiger partial charge on any atom is 0.100 e. The number of hydrogen-bond acceptors (Lipinski definition) is 2. The van der Waals surface area contributed by atoms with Gasteiger partial charge >= 0.3 is 0 Å². The minimum absolute atomic E-state index is 0.0213. The van der Waals surface area contributed by atoms with Crippen molar-refractivity contribution in [1.29, 1.82) is 0 Å². The first-order valence-electron chi connectivity index (χ1n) is 4.70. The van der Waals surface area contributed by atoms with Crippen molar-refractivity contribution in [3.8, 4) is 0 Å². The topological polar surface area (TPSA) is 20.2 Å². The van der Waals surface area contributed by atoms with E-state index in [9.17, 15) is 5.11 Å². The zero-order chi connectivity index (χ0) is 8.77. The molecule has 0 radical (unpaired) electrons. The van der Waals surface area contributed by atoms with Gasteiger partial charge in [-0.25, -0.2) is 0 Å². The lowest BCUT2D eigenvalue weighted by molar-refractivity contribution is -0.941. The molecule has 2 bridgehead atoms. The number of fused-ring (bicyclic) bond motifs is 2. The van der Waals surface area contributed by atoms with Gasteiger partial charge in [-0.05, 0) is 0 Å². The van der Waals surface area contributed by atoms with Gasteiger partial charge < -0.3 is 9.59 Å². The number of aliphatic hydroxyl groups excluding tert-OH is 1. The third-order valence-electron chi connectivity index (χ3n) is 3.59. The predicted octanol–water partition coefficient (Wildman–Crippen LogP) is 0.702. The van der Waals surface area contributed by atoms with Crippen molar-refractivity contribution in [2.24, 2.45) is 0 Å². The fraction of sp³-hybridized carbons (Fsp3) is 1.00. The molecule has 0 spiro atoms. The van der Waals surface area contributed by atoms with E-state index in [0.717, 1.165) is 17.3 Å². The average Bonchev–Trinajstić information content (AvgIpc) is 1.92. The molecule has 2 saturated heterocycles. The van der Waals surface area contributed by atoms with Gasteiger partial charge in [-0.3, -0.25) is 0 Å². The van der Waals surface area contributed by atoms with Crippen LogP contribution in [0.4, 0.5) is 0 Å². The van der Waals surface area contributed by atoms with Crippen molar-refractivity contribution in [3.05, 3.63) is 0 Å². The first-order chi connectivity index (χ1) is 5.60. The van der Waals surface area contributed by atoms with Crippen LogP contribution in [0.2, 0.25) is 0 Å². The van der Waals surface area contributed by atoms with Gasteiger partial charge in [-0.15, -0.1) is 11.8 Å².